The molecule has 0 bridgehead atoms. The number of amides is 1. The molecule has 0 radical (unpaired) electrons. The lowest BCUT2D eigenvalue weighted by Crippen LogP contribution is -2.25. The quantitative estimate of drug-likeness (QED) is 0.154. The van der Waals surface area contributed by atoms with E-state index in [2.05, 4.69) is 5.32 Å². The molecule has 0 fully saturated rings. The second-order valence-electron chi connectivity index (χ2n) is 7.65. The van der Waals surface area contributed by atoms with Gasteiger partial charge >= 0.3 is 5.97 Å². The summed E-state index contributed by atoms with van der Waals surface area (Å²) in [5.74, 6) is 0.362. The van der Waals surface area contributed by atoms with Crippen molar-refractivity contribution in [1.82, 2.24) is 5.32 Å². The van der Waals surface area contributed by atoms with Crippen molar-refractivity contribution in [2.45, 2.75) is 46.5 Å². The number of aryl methyl sites for hydroxylation is 2. The second kappa shape index (κ2) is 13.3. The number of carbonyl (C=O) groups is 2. The van der Waals surface area contributed by atoms with Crippen LogP contribution >= 0.6 is 11.6 Å². The van der Waals surface area contributed by atoms with E-state index in [1.165, 1.54) is 6.08 Å². The number of nitrogens with one attached hydrogen (secondary N) is 1. The lowest BCUT2D eigenvalue weighted by Gasteiger charge is -2.10. The highest BCUT2D eigenvalue weighted by atomic mass is 35.5. The number of rotatable bonds is 11. The molecule has 33 heavy (non-hydrogen) atoms. The molecule has 7 heteroatoms. The number of esters is 1. The summed E-state index contributed by atoms with van der Waals surface area (Å²) >= 11 is 6.16. The van der Waals surface area contributed by atoms with Gasteiger partial charge in [0.05, 0.1) is 6.61 Å². The minimum absolute atomic E-state index is 0.0296. The van der Waals surface area contributed by atoms with Gasteiger partial charge in [0.2, 0.25) is 0 Å². The van der Waals surface area contributed by atoms with Crippen molar-refractivity contribution in [2.24, 2.45) is 0 Å². The Balaban J connectivity index is 1.81. The van der Waals surface area contributed by atoms with Crippen LogP contribution in [0.15, 0.2) is 42.0 Å². The van der Waals surface area contributed by atoms with Gasteiger partial charge in [-0.15, -0.1) is 0 Å². The van der Waals surface area contributed by atoms with E-state index in [1.807, 2.05) is 39.0 Å². The van der Waals surface area contributed by atoms with Gasteiger partial charge in [0.1, 0.15) is 23.1 Å². The summed E-state index contributed by atoms with van der Waals surface area (Å²) in [6.45, 7) is 6.79. The predicted octanol–water partition coefficient (Wildman–Crippen LogP) is 5.54. The molecule has 0 saturated carbocycles. The van der Waals surface area contributed by atoms with Gasteiger partial charge in [-0.25, -0.2) is 0 Å². The highest BCUT2D eigenvalue weighted by Gasteiger charge is 2.09. The van der Waals surface area contributed by atoms with Gasteiger partial charge in [0.25, 0.3) is 5.91 Å². The summed E-state index contributed by atoms with van der Waals surface area (Å²) in [5, 5.41) is 12.7. The standard InChI is InChI=1S/C26H29ClN2O4/c1-4-5-12-29-26(31)21(17-28)16-20-8-10-22(11-9-20)33-24(30)7-6-13-32-23-14-18(2)25(27)19(3)15-23/h8-11,14-16H,4-7,12-13H2,1-3H3,(H,29,31)/b21-16+. The molecule has 174 valence electrons. The molecule has 2 aromatic carbocycles. The normalized spacial score (nSPS) is 10.9. The Hall–Kier alpha value is -3.30. The van der Waals surface area contributed by atoms with E-state index in [0.717, 1.165) is 34.7 Å². The second-order valence-corrected chi connectivity index (χ2v) is 8.02. The van der Waals surface area contributed by atoms with E-state index in [0.29, 0.717) is 30.9 Å². The summed E-state index contributed by atoms with van der Waals surface area (Å²) in [4.78, 5) is 24.1. The highest BCUT2D eigenvalue weighted by Crippen LogP contribution is 2.26. The largest absolute Gasteiger partial charge is 0.494 e. The van der Waals surface area contributed by atoms with Gasteiger partial charge in [-0.1, -0.05) is 37.1 Å². The zero-order valence-electron chi connectivity index (χ0n) is 19.2. The maximum Gasteiger partial charge on any atom is 0.311 e. The van der Waals surface area contributed by atoms with Crippen molar-refractivity contribution in [1.29, 1.82) is 5.26 Å². The van der Waals surface area contributed by atoms with E-state index < -0.39 is 5.91 Å². The van der Waals surface area contributed by atoms with Crippen LogP contribution in [-0.2, 0) is 9.59 Å². The summed E-state index contributed by atoms with van der Waals surface area (Å²) < 4.78 is 11.0. The van der Waals surface area contributed by atoms with Crippen LogP contribution in [0.4, 0.5) is 0 Å². The number of halogens is 1. The van der Waals surface area contributed by atoms with E-state index in [1.54, 1.807) is 24.3 Å². The van der Waals surface area contributed by atoms with Crippen molar-refractivity contribution in [3.63, 3.8) is 0 Å². The van der Waals surface area contributed by atoms with Crippen molar-refractivity contribution < 1.29 is 19.1 Å². The molecular weight excluding hydrogens is 440 g/mol. The Bertz CT molecular complexity index is 1020. The molecule has 0 unspecified atom stereocenters. The Labute approximate surface area is 200 Å². The Kier molecular flexibility index (Phi) is 10.5. The van der Waals surface area contributed by atoms with Crippen molar-refractivity contribution in [3.05, 3.63) is 63.7 Å². The number of nitrogens with zero attached hydrogens (tertiary/aromatic N) is 1. The molecule has 0 aliphatic heterocycles. The number of benzene rings is 2. The fourth-order valence-electron chi connectivity index (χ4n) is 3.00. The molecular formula is C26H29ClN2O4. The monoisotopic (exact) mass is 468 g/mol. The molecule has 0 saturated heterocycles. The van der Waals surface area contributed by atoms with Crippen LogP contribution in [-0.4, -0.2) is 25.0 Å². The summed E-state index contributed by atoms with van der Waals surface area (Å²) in [7, 11) is 0. The van der Waals surface area contributed by atoms with E-state index in [9.17, 15) is 14.9 Å². The molecule has 6 nitrogen and oxygen atoms in total. The predicted molar refractivity (Wildman–Crippen MR) is 129 cm³/mol. The average molecular weight is 469 g/mol. The summed E-state index contributed by atoms with van der Waals surface area (Å²) in [6, 6.07) is 12.3. The fourth-order valence-corrected chi connectivity index (χ4v) is 3.11. The summed E-state index contributed by atoms with van der Waals surface area (Å²) in [6.07, 6.45) is 4.05. The first-order valence-corrected chi connectivity index (χ1v) is 11.3. The number of unbranched alkanes of at least 4 members (excludes halogenated alkanes) is 1. The van der Waals surface area contributed by atoms with Gasteiger partial charge in [0.15, 0.2) is 0 Å². The van der Waals surface area contributed by atoms with Crippen LogP contribution in [0.2, 0.25) is 5.02 Å². The highest BCUT2D eigenvalue weighted by molar-refractivity contribution is 6.32. The number of nitriles is 1. The van der Waals surface area contributed by atoms with E-state index >= 15 is 0 Å². The molecule has 0 heterocycles. The number of hydrogen-bond donors (Lipinski definition) is 1. The van der Waals surface area contributed by atoms with Crippen molar-refractivity contribution >= 4 is 29.6 Å². The van der Waals surface area contributed by atoms with E-state index in [-0.39, 0.29) is 18.0 Å². The molecule has 1 amide bonds. The van der Waals surface area contributed by atoms with Crippen LogP contribution in [0.5, 0.6) is 11.5 Å². The Morgan fingerprint density at radius 3 is 2.36 bits per heavy atom. The van der Waals surface area contributed by atoms with Gasteiger partial charge in [-0.3, -0.25) is 9.59 Å². The smallest absolute Gasteiger partial charge is 0.311 e. The average Bonchev–Trinajstić information content (AvgIpc) is 2.79. The minimum Gasteiger partial charge on any atom is -0.494 e. The molecule has 0 aliphatic rings. The first-order chi connectivity index (χ1) is 15.8. The number of hydrogen-bond acceptors (Lipinski definition) is 5. The molecule has 1 N–H and O–H groups in total. The zero-order chi connectivity index (χ0) is 24.2. The minimum atomic E-state index is -0.396. The topological polar surface area (TPSA) is 88.4 Å². The molecule has 0 aliphatic carbocycles. The molecule has 2 aromatic rings. The van der Waals surface area contributed by atoms with Crippen LogP contribution in [0.25, 0.3) is 6.08 Å². The number of ether oxygens (including phenoxy) is 2. The molecule has 0 spiro atoms. The Morgan fingerprint density at radius 1 is 1.09 bits per heavy atom. The van der Waals surface area contributed by atoms with Crippen LogP contribution in [0, 0.1) is 25.2 Å². The third-order valence-electron chi connectivity index (χ3n) is 4.81. The van der Waals surface area contributed by atoms with Crippen molar-refractivity contribution in [2.75, 3.05) is 13.2 Å². The SMILES string of the molecule is CCCCNC(=O)/C(C#N)=C/c1ccc(OC(=O)CCCOc2cc(C)c(Cl)c(C)c2)cc1. The van der Waals surface area contributed by atoms with Crippen LogP contribution < -0.4 is 14.8 Å². The van der Waals surface area contributed by atoms with Crippen LogP contribution in [0.1, 0.15) is 49.3 Å². The first kappa shape index (κ1) is 26.0. The van der Waals surface area contributed by atoms with Gasteiger partial charge in [-0.2, -0.15) is 5.26 Å². The Morgan fingerprint density at radius 2 is 1.76 bits per heavy atom. The lowest BCUT2D eigenvalue weighted by molar-refractivity contribution is -0.134. The lowest BCUT2D eigenvalue weighted by atomic mass is 10.1. The number of carbonyl (C=O) groups excluding carboxylic acids is 2. The molecule has 0 aromatic heterocycles. The van der Waals surface area contributed by atoms with Gasteiger partial charge in [-0.05, 0) is 73.7 Å². The molecule has 2 rings (SSSR count). The maximum atomic E-state index is 12.1. The third kappa shape index (κ3) is 8.63. The first-order valence-electron chi connectivity index (χ1n) is 10.9. The fraction of sp³-hybridized carbons (Fsp3) is 0.346. The van der Waals surface area contributed by atoms with Gasteiger partial charge < -0.3 is 14.8 Å². The van der Waals surface area contributed by atoms with E-state index in [4.69, 9.17) is 21.1 Å². The van der Waals surface area contributed by atoms with Crippen molar-refractivity contribution in [3.8, 4) is 17.6 Å². The maximum absolute atomic E-state index is 12.1. The summed E-state index contributed by atoms with van der Waals surface area (Å²) in [5.41, 5.74) is 2.59. The molecule has 0 atom stereocenters. The third-order valence-corrected chi connectivity index (χ3v) is 5.40. The van der Waals surface area contributed by atoms with Crippen LogP contribution in [0.3, 0.4) is 0 Å². The zero-order valence-corrected chi connectivity index (χ0v) is 20.0. The van der Waals surface area contributed by atoms with Gasteiger partial charge in [0, 0.05) is 18.0 Å².